The van der Waals surface area contributed by atoms with Gasteiger partial charge in [-0.15, -0.1) is 0 Å². The SMILES string of the molecule is O=C1CC=C2c3ncc4[nH]c(N5CCC(O)CC5)nc4c3C=CN2C1. The molecule has 3 aliphatic rings. The van der Waals surface area contributed by atoms with Gasteiger partial charge < -0.3 is 19.9 Å². The Labute approximate surface area is 144 Å². The zero-order chi connectivity index (χ0) is 17.0. The molecule has 0 radical (unpaired) electrons. The van der Waals surface area contributed by atoms with Crippen LogP contribution in [0.25, 0.3) is 22.8 Å². The number of aromatic nitrogens is 3. The van der Waals surface area contributed by atoms with E-state index in [0.717, 1.165) is 59.9 Å². The van der Waals surface area contributed by atoms with E-state index in [-0.39, 0.29) is 11.9 Å². The minimum atomic E-state index is -0.204. The van der Waals surface area contributed by atoms with Crippen LogP contribution in [0.4, 0.5) is 5.95 Å². The summed E-state index contributed by atoms with van der Waals surface area (Å²) in [7, 11) is 0. The Morgan fingerprint density at radius 1 is 1.28 bits per heavy atom. The quantitative estimate of drug-likeness (QED) is 0.821. The van der Waals surface area contributed by atoms with Gasteiger partial charge >= 0.3 is 0 Å². The van der Waals surface area contributed by atoms with Crippen LogP contribution in [0.3, 0.4) is 0 Å². The van der Waals surface area contributed by atoms with E-state index in [1.54, 1.807) is 0 Å². The number of fused-ring (bicyclic) bond motifs is 5. The van der Waals surface area contributed by atoms with Gasteiger partial charge in [-0.25, -0.2) is 4.98 Å². The number of pyridine rings is 1. The van der Waals surface area contributed by atoms with E-state index in [1.807, 2.05) is 29.4 Å². The minimum absolute atomic E-state index is 0.204. The second kappa shape index (κ2) is 5.42. The summed E-state index contributed by atoms with van der Waals surface area (Å²) < 4.78 is 0. The average molecular weight is 337 g/mol. The number of piperidine rings is 1. The lowest BCUT2D eigenvalue weighted by Crippen LogP contribution is -2.36. The first-order valence-electron chi connectivity index (χ1n) is 8.68. The van der Waals surface area contributed by atoms with Crippen LogP contribution in [0.15, 0.2) is 18.5 Å². The molecule has 25 heavy (non-hydrogen) atoms. The summed E-state index contributed by atoms with van der Waals surface area (Å²) in [5.41, 5.74) is 4.68. The fraction of sp³-hybridized carbons (Fsp3) is 0.389. The molecular formula is C18H19N5O2. The van der Waals surface area contributed by atoms with Gasteiger partial charge in [0.2, 0.25) is 5.95 Å². The molecule has 7 heteroatoms. The number of hydrogen-bond acceptors (Lipinski definition) is 6. The lowest BCUT2D eigenvalue weighted by Gasteiger charge is -2.30. The lowest BCUT2D eigenvalue weighted by molar-refractivity contribution is -0.118. The third kappa shape index (κ3) is 2.34. The summed E-state index contributed by atoms with van der Waals surface area (Å²) in [6.45, 7) is 2.00. The van der Waals surface area contributed by atoms with Crippen LogP contribution in [0, 0.1) is 0 Å². The fourth-order valence-electron chi connectivity index (χ4n) is 3.77. The Bertz CT molecular complexity index is 921. The molecule has 0 aliphatic carbocycles. The number of anilines is 1. The van der Waals surface area contributed by atoms with Gasteiger partial charge in [-0.1, -0.05) is 6.08 Å². The van der Waals surface area contributed by atoms with Crippen molar-refractivity contribution in [3.63, 3.8) is 0 Å². The van der Waals surface area contributed by atoms with E-state index in [0.29, 0.717) is 13.0 Å². The van der Waals surface area contributed by atoms with E-state index >= 15 is 0 Å². The van der Waals surface area contributed by atoms with Crippen molar-refractivity contribution >= 4 is 34.5 Å². The number of aliphatic hydroxyl groups is 1. The molecule has 0 spiro atoms. The monoisotopic (exact) mass is 337 g/mol. The topological polar surface area (TPSA) is 85.3 Å². The van der Waals surface area contributed by atoms with E-state index in [1.165, 1.54) is 0 Å². The van der Waals surface area contributed by atoms with Gasteiger partial charge in [0.25, 0.3) is 0 Å². The fourth-order valence-corrected chi connectivity index (χ4v) is 3.77. The van der Waals surface area contributed by atoms with E-state index < -0.39 is 0 Å². The first-order chi connectivity index (χ1) is 12.2. The minimum Gasteiger partial charge on any atom is -0.393 e. The number of aromatic amines is 1. The van der Waals surface area contributed by atoms with Crippen LogP contribution in [0.2, 0.25) is 0 Å². The number of nitrogens with one attached hydrogen (secondary N) is 1. The molecule has 2 aromatic heterocycles. The summed E-state index contributed by atoms with van der Waals surface area (Å²) in [5.74, 6) is 1.05. The number of imidazole rings is 1. The standard InChI is InChI=1S/C18H19N5O2/c24-11-3-6-22(7-4-11)18-20-14-9-19-17-13(16(14)21-18)5-8-23-10-12(25)1-2-15(17)23/h2,5,8-9,11,24H,1,3-4,6-7,10H2,(H,20,21). The number of hydrogen-bond donors (Lipinski definition) is 2. The van der Waals surface area contributed by atoms with Crippen LogP contribution in [0.1, 0.15) is 30.5 Å². The highest BCUT2D eigenvalue weighted by molar-refractivity contribution is 5.95. The third-order valence-electron chi connectivity index (χ3n) is 5.16. The molecule has 2 N–H and O–H groups in total. The summed E-state index contributed by atoms with van der Waals surface area (Å²) in [6, 6.07) is 0. The van der Waals surface area contributed by atoms with Gasteiger partial charge in [-0.3, -0.25) is 9.78 Å². The predicted octanol–water partition coefficient (Wildman–Crippen LogP) is 1.52. The van der Waals surface area contributed by atoms with E-state index in [9.17, 15) is 9.90 Å². The van der Waals surface area contributed by atoms with Gasteiger partial charge in [0, 0.05) is 31.3 Å². The van der Waals surface area contributed by atoms with Crippen LogP contribution in [-0.4, -0.2) is 56.5 Å². The van der Waals surface area contributed by atoms with Crippen LogP contribution >= 0.6 is 0 Å². The molecule has 7 nitrogen and oxygen atoms in total. The molecular weight excluding hydrogens is 318 g/mol. The van der Waals surface area contributed by atoms with Crippen LogP contribution < -0.4 is 4.90 Å². The first kappa shape index (κ1) is 14.7. The number of ketones is 1. The van der Waals surface area contributed by atoms with Gasteiger partial charge in [0.15, 0.2) is 5.78 Å². The maximum atomic E-state index is 11.7. The van der Waals surface area contributed by atoms with Crippen molar-refractivity contribution in [2.24, 2.45) is 0 Å². The normalized spacial score (nSPS) is 20.7. The Morgan fingerprint density at radius 2 is 2.12 bits per heavy atom. The lowest BCUT2D eigenvalue weighted by atomic mass is 10.0. The number of carbonyl (C=O) groups is 1. The molecule has 0 unspecified atom stereocenters. The zero-order valence-electron chi connectivity index (χ0n) is 13.8. The van der Waals surface area contributed by atoms with Crippen LogP contribution in [0.5, 0.6) is 0 Å². The van der Waals surface area contributed by atoms with Crippen molar-refractivity contribution in [3.8, 4) is 0 Å². The maximum Gasteiger partial charge on any atom is 0.203 e. The second-order valence-electron chi connectivity index (χ2n) is 6.84. The van der Waals surface area contributed by atoms with Crippen molar-refractivity contribution in [1.82, 2.24) is 19.9 Å². The number of rotatable bonds is 1. The van der Waals surface area contributed by atoms with Crippen molar-refractivity contribution in [2.75, 3.05) is 24.5 Å². The molecule has 3 aliphatic heterocycles. The van der Waals surface area contributed by atoms with Gasteiger partial charge in [0.05, 0.1) is 35.8 Å². The largest absolute Gasteiger partial charge is 0.393 e. The molecule has 1 fully saturated rings. The van der Waals surface area contributed by atoms with Crippen molar-refractivity contribution in [3.05, 3.63) is 29.7 Å². The first-order valence-corrected chi connectivity index (χ1v) is 8.68. The number of nitrogens with zero attached hydrogens (tertiary/aromatic N) is 4. The smallest absolute Gasteiger partial charge is 0.203 e. The van der Waals surface area contributed by atoms with E-state index in [2.05, 4.69) is 14.9 Å². The predicted molar refractivity (Wildman–Crippen MR) is 94.7 cm³/mol. The van der Waals surface area contributed by atoms with Gasteiger partial charge in [-0.05, 0) is 18.9 Å². The molecule has 5 heterocycles. The highest BCUT2D eigenvalue weighted by Gasteiger charge is 2.27. The summed E-state index contributed by atoms with van der Waals surface area (Å²) in [6.07, 6.45) is 9.49. The second-order valence-corrected chi connectivity index (χ2v) is 6.84. The van der Waals surface area contributed by atoms with Gasteiger partial charge in [0.1, 0.15) is 5.52 Å². The molecule has 0 saturated carbocycles. The summed E-state index contributed by atoms with van der Waals surface area (Å²) in [4.78, 5) is 28.6. The highest BCUT2D eigenvalue weighted by atomic mass is 16.3. The Morgan fingerprint density at radius 3 is 2.96 bits per heavy atom. The number of allylic oxidation sites excluding steroid dienone is 1. The molecule has 1 saturated heterocycles. The Hall–Kier alpha value is -2.67. The number of Topliss-reactive ketones (excluding diaryl/α,β-unsaturated/α-hetero) is 1. The Balaban J connectivity index is 1.57. The van der Waals surface area contributed by atoms with Crippen LogP contribution in [-0.2, 0) is 4.79 Å². The van der Waals surface area contributed by atoms with Crippen molar-refractivity contribution in [1.29, 1.82) is 0 Å². The van der Waals surface area contributed by atoms with Gasteiger partial charge in [-0.2, -0.15) is 0 Å². The molecule has 2 aromatic rings. The van der Waals surface area contributed by atoms with Crippen molar-refractivity contribution < 1.29 is 9.90 Å². The molecule has 0 amide bonds. The van der Waals surface area contributed by atoms with Crippen molar-refractivity contribution in [2.45, 2.75) is 25.4 Å². The Kier molecular flexibility index (Phi) is 3.18. The molecule has 0 aromatic carbocycles. The zero-order valence-corrected chi connectivity index (χ0v) is 13.8. The molecule has 0 atom stereocenters. The number of carbonyl (C=O) groups excluding carboxylic acids is 1. The summed E-state index contributed by atoms with van der Waals surface area (Å²) >= 11 is 0. The number of H-pyrrole nitrogens is 1. The van der Waals surface area contributed by atoms with E-state index in [4.69, 9.17) is 4.98 Å². The maximum absolute atomic E-state index is 11.7. The molecule has 0 bridgehead atoms. The molecule has 5 rings (SSSR count). The average Bonchev–Trinajstić information content (AvgIpc) is 3.06. The summed E-state index contributed by atoms with van der Waals surface area (Å²) in [5, 5.41) is 9.69. The molecule has 128 valence electrons. The number of aliphatic hydroxyl groups excluding tert-OH is 1. The highest BCUT2D eigenvalue weighted by Crippen LogP contribution is 2.34. The third-order valence-corrected chi connectivity index (χ3v) is 5.16.